The van der Waals surface area contributed by atoms with Crippen LogP contribution < -0.4 is 14.4 Å². The minimum atomic E-state index is -3.83. The summed E-state index contributed by atoms with van der Waals surface area (Å²) in [6, 6.07) is 21.3. The molecule has 0 saturated carbocycles. The Bertz CT molecular complexity index is 1440. The van der Waals surface area contributed by atoms with Gasteiger partial charge < -0.3 is 15.0 Å². The molecule has 220 valence electrons. The molecule has 0 heterocycles. The van der Waals surface area contributed by atoms with Gasteiger partial charge in [-0.1, -0.05) is 61.5 Å². The van der Waals surface area contributed by atoms with Gasteiger partial charge in [0.1, 0.15) is 18.3 Å². The SMILES string of the molecule is CC[C@@H](C)NC(=O)[C@H](Cc1ccccc1)N(Cc1cccc(OC)c1)C(=O)CN(c1cc(C)ccc1C)S(C)(=O)=O. The topological polar surface area (TPSA) is 96.0 Å². The van der Waals surface area contributed by atoms with Crippen molar-refractivity contribution >= 4 is 27.5 Å². The van der Waals surface area contributed by atoms with Crippen molar-refractivity contribution in [3.05, 3.63) is 95.1 Å². The Morgan fingerprint density at radius 3 is 2.27 bits per heavy atom. The van der Waals surface area contributed by atoms with Crippen LogP contribution in [-0.4, -0.2) is 57.1 Å². The monoisotopic (exact) mass is 579 g/mol. The molecular weight excluding hydrogens is 538 g/mol. The summed E-state index contributed by atoms with van der Waals surface area (Å²) in [5.74, 6) is -0.164. The Hall–Kier alpha value is -3.85. The normalized spacial score (nSPS) is 12.7. The number of nitrogens with one attached hydrogen (secondary N) is 1. The van der Waals surface area contributed by atoms with Crippen molar-refractivity contribution in [2.24, 2.45) is 0 Å². The van der Waals surface area contributed by atoms with Crippen molar-refractivity contribution in [3.63, 3.8) is 0 Å². The van der Waals surface area contributed by atoms with Gasteiger partial charge in [-0.15, -0.1) is 0 Å². The molecule has 8 nitrogen and oxygen atoms in total. The zero-order valence-corrected chi connectivity index (χ0v) is 25.6. The predicted octanol–water partition coefficient (Wildman–Crippen LogP) is 4.63. The lowest BCUT2D eigenvalue weighted by molar-refractivity contribution is -0.140. The standard InChI is InChI=1S/C32H41N3O5S/c1-7-25(4)33-32(37)30(20-26-12-9-8-10-13-26)34(21-27-14-11-15-28(19-27)40-5)31(36)22-35(41(6,38)39)29-18-23(2)16-17-24(29)3/h8-19,25,30H,7,20-22H2,1-6H3,(H,33,37)/t25-,30+/m1/s1. The second kappa shape index (κ2) is 14.2. The highest BCUT2D eigenvalue weighted by atomic mass is 32.2. The summed E-state index contributed by atoms with van der Waals surface area (Å²) < 4.78 is 32.6. The first kappa shape index (κ1) is 31.7. The van der Waals surface area contributed by atoms with E-state index in [1.807, 2.05) is 88.4 Å². The van der Waals surface area contributed by atoms with E-state index < -0.39 is 28.5 Å². The van der Waals surface area contributed by atoms with Crippen molar-refractivity contribution in [2.75, 3.05) is 24.2 Å². The summed E-state index contributed by atoms with van der Waals surface area (Å²) in [5, 5.41) is 3.04. The quantitative estimate of drug-likeness (QED) is 0.319. The van der Waals surface area contributed by atoms with Crippen LogP contribution in [0.3, 0.4) is 0 Å². The Balaban J connectivity index is 2.10. The van der Waals surface area contributed by atoms with E-state index in [4.69, 9.17) is 4.74 Å². The first-order chi connectivity index (χ1) is 19.4. The van der Waals surface area contributed by atoms with Crippen molar-refractivity contribution in [1.29, 1.82) is 0 Å². The highest BCUT2D eigenvalue weighted by Gasteiger charge is 2.33. The number of anilines is 1. The van der Waals surface area contributed by atoms with Crippen LogP contribution >= 0.6 is 0 Å². The van der Waals surface area contributed by atoms with E-state index >= 15 is 0 Å². The van der Waals surface area contributed by atoms with Gasteiger partial charge in [0, 0.05) is 19.0 Å². The van der Waals surface area contributed by atoms with Crippen LogP contribution in [0.1, 0.15) is 42.5 Å². The average molecular weight is 580 g/mol. The Labute approximate surface area is 244 Å². The number of amides is 2. The van der Waals surface area contributed by atoms with Crippen LogP contribution in [-0.2, 0) is 32.6 Å². The smallest absolute Gasteiger partial charge is 0.244 e. The summed E-state index contributed by atoms with van der Waals surface area (Å²) in [4.78, 5) is 29.5. The molecule has 41 heavy (non-hydrogen) atoms. The van der Waals surface area contributed by atoms with E-state index in [0.717, 1.165) is 39.2 Å². The van der Waals surface area contributed by atoms with E-state index in [-0.39, 0.29) is 24.9 Å². The zero-order chi connectivity index (χ0) is 30.2. The van der Waals surface area contributed by atoms with Gasteiger partial charge in [0.25, 0.3) is 0 Å². The number of ether oxygens (including phenoxy) is 1. The van der Waals surface area contributed by atoms with Gasteiger partial charge in [0.2, 0.25) is 21.8 Å². The number of nitrogens with zero attached hydrogens (tertiary/aromatic N) is 2. The van der Waals surface area contributed by atoms with Gasteiger partial charge >= 0.3 is 0 Å². The molecule has 0 spiro atoms. The summed E-state index contributed by atoms with van der Waals surface area (Å²) in [5.41, 5.74) is 3.67. The van der Waals surface area contributed by atoms with Crippen LogP contribution in [0.5, 0.6) is 5.75 Å². The van der Waals surface area contributed by atoms with E-state index in [1.54, 1.807) is 19.2 Å². The molecule has 0 bridgehead atoms. The lowest BCUT2D eigenvalue weighted by atomic mass is 10.0. The molecular formula is C32H41N3O5S. The second-order valence-electron chi connectivity index (χ2n) is 10.5. The predicted molar refractivity (Wildman–Crippen MR) is 163 cm³/mol. The van der Waals surface area contributed by atoms with Crippen molar-refractivity contribution < 1.29 is 22.7 Å². The van der Waals surface area contributed by atoms with Crippen molar-refractivity contribution in [1.82, 2.24) is 10.2 Å². The maximum atomic E-state index is 14.2. The number of rotatable bonds is 13. The van der Waals surface area contributed by atoms with Crippen molar-refractivity contribution in [2.45, 2.75) is 59.2 Å². The molecule has 0 aliphatic rings. The maximum Gasteiger partial charge on any atom is 0.244 e. The zero-order valence-electron chi connectivity index (χ0n) is 24.8. The number of hydrogen-bond donors (Lipinski definition) is 1. The molecule has 2 atom stereocenters. The summed E-state index contributed by atoms with van der Waals surface area (Å²) in [6.07, 6.45) is 2.08. The fourth-order valence-electron chi connectivity index (χ4n) is 4.55. The van der Waals surface area contributed by atoms with Crippen LogP contribution in [0.15, 0.2) is 72.8 Å². The summed E-state index contributed by atoms with van der Waals surface area (Å²) in [7, 11) is -2.27. The van der Waals surface area contributed by atoms with Gasteiger partial charge in [-0.05, 0) is 67.6 Å². The van der Waals surface area contributed by atoms with Crippen LogP contribution in [0.25, 0.3) is 0 Å². The number of carbonyl (C=O) groups is 2. The van der Waals surface area contributed by atoms with Gasteiger partial charge in [-0.2, -0.15) is 0 Å². The summed E-state index contributed by atoms with van der Waals surface area (Å²) >= 11 is 0. The average Bonchev–Trinajstić information content (AvgIpc) is 2.94. The van der Waals surface area contributed by atoms with Gasteiger partial charge in [-0.25, -0.2) is 8.42 Å². The first-order valence-electron chi connectivity index (χ1n) is 13.7. The summed E-state index contributed by atoms with van der Waals surface area (Å²) in [6.45, 7) is 7.21. The van der Waals surface area contributed by atoms with Gasteiger partial charge in [0.15, 0.2) is 0 Å². The van der Waals surface area contributed by atoms with E-state index in [2.05, 4.69) is 5.32 Å². The molecule has 2 amide bonds. The number of carbonyl (C=O) groups excluding carboxylic acids is 2. The van der Waals surface area contributed by atoms with E-state index in [0.29, 0.717) is 11.4 Å². The van der Waals surface area contributed by atoms with E-state index in [1.165, 1.54) is 4.90 Å². The third-order valence-electron chi connectivity index (χ3n) is 7.07. The Morgan fingerprint density at radius 2 is 1.63 bits per heavy atom. The number of hydrogen-bond acceptors (Lipinski definition) is 5. The van der Waals surface area contributed by atoms with Gasteiger partial charge in [-0.3, -0.25) is 13.9 Å². The fraction of sp³-hybridized carbons (Fsp3) is 0.375. The molecule has 3 aromatic rings. The molecule has 0 aliphatic heterocycles. The molecule has 0 saturated heterocycles. The molecule has 0 unspecified atom stereocenters. The molecule has 3 aromatic carbocycles. The number of methoxy groups -OCH3 is 1. The molecule has 0 aliphatic carbocycles. The van der Waals surface area contributed by atoms with Gasteiger partial charge in [0.05, 0.1) is 19.1 Å². The molecule has 1 N–H and O–H groups in total. The lowest BCUT2D eigenvalue weighted by Gasteiger charge is -2.34. The Morgan fingerprint density at radius 1 is 0.951 bits per heavy atom. The molecule has 0 radical (unpaired) electrons. The highest BCUT2D eigenvalue weighted by molar-refractivity contribution is 7.92. The minimum absolute atomic E-state index is 0.0891. The third-order valence-corrected chi connectivity index (χ3v) is 8.20. The lowest BCUT2D eigenvalue weighted by Crippen LogP contribution is -2.54. The first-order valence-corrected chi connectivity index (χ1v) is 15.6. The maximum absolute atomic E-state index is 14.2. The van der Waals surface area contributed by atoms with Crippen LogP contribution in [0, 0.1) is 13.8 Å². The number of sulfonamides is 1. The largest absolute Gasteiger partial charge is 0.497 e. The number of aryl methyl sites for hydroxylation is 2. The number of benzene rings is 3. The molecule has 3 rings (SSSR count). The van der Waals surface area contributed by atoms with Crippen LogP contribution in [0.2, 0.25) is 0 Å². The molecule has 9 heteroatoms. The molecule has 0 fully saturated rings. The van der Waals surface area contributed by atoms with Crippen molar-refractivity contribution in [3.8, 4) is 5.75 Å². The third kappa shape index (κ3) is 8.82. The fourth-order valence-corrected chi connectivity index (χ4v) is 5.44. The minimum Gasteiger partial charge on any atom is -0.497 e. The van der Waals surface area contributed by atoms with Crippen LogP contribution in [0.4, 0.5) is 5.69 Å². The Kier molecular flexibility index (Phi) is 10.9. The second-order valence-corrected chi connectivity index (χ2v) is 12.4. The van der Waals surface area contributed by atoms with E-state index in [9.17, 15) is 18.0 Å². The highest BCUT2D eigenvalue weighted by Crippen LogP contribution is 2.25. The molecule has 0 aromatic heterocycles.